The van der Waals surface area contributed by atoms with Crippen molar-refractivity contribution in [3.05, 3.63) is 92.8 Å². The van der Waals surface area contributed by atoms with Gasteiger partial charge in [0.05, 0.1) is 17.7 Å². The molecule has 3 aromatic rings. The number of nitrogens with one attached hydrogen (secondary N) is 1. The van der Waals surface area contributed by atoms with Gasteiger partial charge in [-0.05, 0) is 72.3 Å². The molecule has 1 aliphatic heterocycles. The van der Waals surface area contributed by atoms with Crippen molar-refractivity contribution >= 4 is 50.5 Å². The van der Waals surface area contributed by atoms with Crippen LogP contribution in [0.1, 0.15) is 16.7 Å². The van der Waals surface area contributed by atoms with Crippen LogP contribution in [-0.2, 0) is 11.4 Å². The van der Waals surface area contributed by atoms with E-state index in [1.807, 2.05) is 79.7 Å². The van der Waals surface area contributed by atoms with Crippen molar-refractivity contribution in [2.75, 3.05) is 7.11 Å². The van der Waals surface area contributed by atoms with Gasteiger partial charge in [-0.2, -0.15) is 0 Å². The maximum Gasteiger partial charge on any atom is 0.264 e. The van der Waals surface area contributed by atoms with Crippen LogP contribution in [0.4, 0.5) is 5.69 Å². The monoisotopic (exact) mass is 508 g/mol. The molecule has 3 aromatic carbocycles. The summed E-state index contributed by atoms with van der Waals surface area (Å²) in [6, 6.07) is 21.4. The molecule has 1 amide bonds. The molecule has 1 aliphatic rings. The highest BCUT2D eigenvalue weighted by atomic mass is 79.9. The van der Waals surface area contributed by atoms with E-state index >= 15 is 0 Å². The average molecular weight is 509 g/mol. The number of thioether (sulfide) groups is 1. The summed E-state index contributed by atoms with van der Waals surface area (Å²) in [6.45, 7) is 2.43. The predicted molar refractivity (Wildman–Crippen MR) is 133 cm³/mol. The molecule has 0 saturated carbocycles. The number of ether oxygens (including phenoxy) is 2. The van der Waals surface area contributed by atoms with Crippen molar-refractivity contribution in [1.29, 1.82) is 0 Å². The fourth-order valence-electron chi connectivity index (χ4n) is 3.01. The minimum atomic E-state index is -0.172. The molecule has 0 spiro atoms. The number of carbonyl (C=O) groups excluding carboxylic acids is 1. The summed E-state index contributed by atoms with van der Waals surface area (Å²) < 4.78 is 12.4. The van der Waals surface area contributed by atoms with E-state index in [9.17, 15) is 4.79 Å². The van der Waals surface area contributed by atoms with Crippen LogP contribution in [0.2, 0.25) is 0 Å². The predicted octanol–water partition coefficient (Wildman–Crippen LogP) is 6.24. The highest BCUT2D eigenvalue weighted by Crippen LogP contribution is 2.32. The van der Waals surface area contributed by atoms with E-state index in [4.69, 9.17) is 9.47 Å². The number of hydrogen-bond donors (Lipinski definition) is 1. The zero-order chi connectivity index (χ0) is 22.5. The number of aliphatic imine (C=N–C) groups is 1. The van der Waals surface area contributed by atoms with Gasteiger partial charge in [0, 0.05) is 4.47 Å². The van der Waals surface area contributed by atoms with Crippen LogP contribution < -0.4 is 14.8 Å². The lowest BCUT2D eigenvalue weighted by Crippen LogP contribution is -2.19. The Morgan fingerprint density at radius 3 is 2.50 bits per heavy atom. The highest BCUT2D eigenvalue weighted by Gasteiger charge is 2.24. The highest BCUT2D eigenvalue weighted by molar-refractivity contribution is 9.10. The molecule has 4 rings (SSSR count). The Kier molecular flexibility index (Phi) is 6.97. The number of carbonyl (C=O) groups is 1. The van der Waals surface area contributed by atoms with Crippen LogP contribution >= 0.6 is 27.7 Å². The van der Waals surface area contributed by atoms with Gasteiger partial charge in [0.1, 0.15) is 6.61 Å². The Hall–Kier alpha value is -3.03. The first-order chi connectivity index (χ1) is 15.5. The summed E-state index contributed by atoms with van der Waals surface area (Å²) in [6.07, 6.45) is 1.82. The number of aryl methyl sites for hydroxylation is 1. The molecule has 1 N–H and O–H groups in total. The zero-order valence-electron chi connectivity index (χ0n) is 17.6. The summed E-state index contributed by atoms with van der Waals surface area (Å²) in [5, 5.41) is 3.38. The third-order valence-corrected chi connectivity index (χ3v) is 6.15. The number of hydrogen-bond acceptors (Lipinski definition) is 5. The van der Waals surface area contributed by atoms with Crippen LogP contribution in [-0.4, -0.2) is 18.2 Å². The number of amidine groups is 1. The largest absolute Gasteiger partial charge is 0.493 e. The first-order valence-corrected chi connectivity index (χ1v) is 11.5. The van der Waals surface area contributed by atoms with E-state index < -0.39 is 0 Å². The molecule has 0 aromatic heterocycles. The molecule has 0 radical (unpaired) electrons. The lowest BCUT2D eigenvalue weighted by molar-refractivity contribution is -0.115. The summed E-state index contributed by atoms with van der Waals surface area (Å²) in [5.41, 5.74) is 3.84. The molecular weight excluding hydrogens is 488 g/mol. The van der Waals surface area contributed by atoms with Gasteiger partial charge in [0.2, 0.25) is 0 Å². The maximum absolute atomic E-state index is 12.4. The van der Waals surface area contributed by atoms with Crippen LogP contribution in [0, 0.1) is 6.92 Å². The summed E-state index contributed by atoms with van der Waals surface area (Å²) in [5.74, 6) is 1.07. The van der Waals surface area contributed by atoms with Gasteiger partial charge in [-0.3, -0.25) is 4.79 Å². The quantitative estimate of drug-likeness (QED) is 0.400. The molecule has 1 fully saturated rings. The van der Waals surface area contributed by atoms with Gasteiger partial charge in [-0.25, -0.2) is 4.99 Å². The Morgan fingerprint density at radius 1 is 1.03 bits per heavy atom. The van der Waals surface area contributed by atoms with Gasteiger partial charge < -0.3 is 14.8 Å². The minimum absolute atomic E-state index is 0.172. The van der Waals surface area contributed by atoms with Gasteiger partial charge >= 0.3 is 0 Å². The molecule has 0 bridgehead atoms. The van der Waals surface area contributed by atoms with Crippen LogP contribution in [0.5, 0.6) is 11.5 Å². The van der Waals surface area contributed by atoms with Gasteiger partial charge in [-0.15, -0.1) is 0 Å². The van der Waals surface area contributed by atoms with Gasteiger partial charge in [0.25, 0.3) is 5.91 Å². The topological polar surface area (TPSA) is 59.9 Å². The van der Waals surface area contributed by atoms with E-state index in [-0.39, 0.29) is 5.91 Å². The summed E-state index contributed by atoms with van der Waals surface area (Å²) in [4.78, 5) is 17.5. The Labute approximate surface area is 199 Å². The average Bonchev–Trinajstić information content (AvgIpc) is 3.13. The molecular formula is C25H21BrN2O3S. The van der Waals surface area contributed by atoms with Gasteiger partial charge in [-0.1, -0.05) is 51.8 Å². The summed E-state index contributed by atoms with van der Waals surface area (Å²) in [7, 11) is 1.61. The molecule has 7 heteroatoms. The second kappa shape index (κ2) is 10.1. The second-order valence-corrected chi connectivity index (χ2v) is 9.09. The molecule has 0 aliphatic carbocycles. The maximum atomic E-state index is 12.4. The lowest BCUT2D eigenvalue weighted by atomic mass is 10.2. The molecule has 1 heterocycles. The number of halogens is 1. The summed E-state index contributed by atoms with van der Waals surface area (Å²) >= 11 is 4.75. The van der Waals surface area contributed by atoms with Crippen molar-refractivity contribution in [3.63, 3.8) is 0 Å². The van der Waals surface area contributed by atoms with Crippen molar-refractivity contribution in [2.24, 2.45) is 4.99 Å². The van der Waals surface area contributed by atoms with Crippen molar-refractivity contribution in [1.82, 2.24) is 5.32 Å². The second-order valence-electron chi connectivity index (χ2n) is 7.14. The van der Waals surface area contributed by atoms with E-state index in [1.165, 1.54) is 11.8 Å². The molecule has 162 valence electrons. The fourth-order valence-corrected chi connectivity index (χ4v) is 4.11. The smallest absolute Gasteiger partial charge is 0.264 e. The van der Waals surface area contributed by atoms with Crippen molar-refractivity contribution in [3.8, 4) is 11.5 Å². The van der Waals surface area contributed by atoms with E-state index in [1.54, 1.807) is 7.11 Å². The Bertz CT molecular complexity index is 1190. The normalized spacial score (nSPS) is 15.8. The standard InChI is InChI=1S/C25H21BrN2O3S/c1-16-3-10-20(11-4-16)27-25-28-24(29)23(32-25)14-18-7-12-21(30-2)22(13-18)31-15-17-5-8-19(26)9-6-17/h3-14H,15H2,1-2H3,(H,27,28,29)/b23-14-. The van der Waals surface area contributed by atoms with E-state index in [2.05, 4.69) is 26.2 Å². The van der Waals surface area contributed by atoms with Crippen LogP contribution in [0.25, 0.3) is 6.08 Å². The molecule has 0 atom stereocenters. The van der Waals surface area contributed by atoms with Crippen LogP contribution in [0.15, 0.2) is 81.1 Å². The first-order valence-electron chi connectivity index (χ1n) is 9.92. The fraction of sp³-hybridized carbons (Fsp3) is 0.120. The minimum Gasteiger partial charge on any atom is -0.493 e. The van der Waals surface area contributed by atoms with Gasteiger partial charge in [0.15, 0.2) is 16.7 Å². The van der Waals surface area contributed by atoms with Crippen molar-refractivity contribution in [2.45, 2.75) is 13.5 Å². The van der Waals surface area contributed by atoms with E-state index in [0.29, 0.717) is 28.2 Å². The SMILES string of the molecule is COc1ccc(/C=C2\SC(=Nc3ccc(C)cc3)NC2=O)cc1OCc1ccc(Br)cc1. The Balaban J connectivity index is 1.51. The van der Waals surface area contributed by atoms with Crippen LogP contribution in [0.3, 0.4) is 0 Å². The molecule has 5 nitrogen and oxygen atoms in total. The third kappa shape index (κ3) is 5.60. The van der Waals surface area contributed by atoms with E-state index in [0.717, 1.165) is 26.9 Å². The number of rotatable bonds is 6. The Morgan fingerprint density at radius 2 is 1.78 bits per heavy atom. The lowest BCUT2D eigenvalue weighted by Gasteiger charge is -2.12. The van der Waals surface area contributed by atoms with Crippen molar-refractivity contribution < 1.29 is 14.3 Å². The number of amides is 1. The zero-order valence-corrected chi connectivity index (χ0v) is 20.0. The number of benzene rings is 3. The third-order valence-electron chi connectivity index (χ3n) is 4.71. The molecule has 1 saturated heterocycles. The number of nitrogens with zero attached hydrogens (tertiary/aromatic N) is 1. The number of methoxy groups -OCH3 is 1. The molecule has 0 unspecified atom stereocenters. The first kappa shape index (κ1) is 22.2. The molecule has 32 heavy (non-hydrogen) atoms.